The SMILES string of the molecule is CNC1CCN(C(=O)c2n[nH]c3ccc(-c4cnc5[nH]c(-c6ccccc6)cc5c4)cc23)CC1. The zero-order chi connectivity index (χ0) is 23.1. The summed E-state index contributed by atoms with van der Waals surface area (Å²) in [4.78, 5) is 23.2. The zero-order valence-corrected chi connectivity index (χ0v) is 19.0. The van der Waals surface area contributed by atoms with E-state index < -0.39 is 0 Å². The number of nitrogens with zero attached hydrogens (tertiary/aromatic N) is 3. The van der Waals surface area contributed by atoms with Gasteiger partial charge in [-0.2, -0.15) is 5.10 Å². The van der Waals surface area contributed by atoms with Gasteiger partial charge in [-0.25, -0.2) is 4.98 Å². The molecule has 6 rings (SSSR count). The van der Waals surface area contributed by atoms with Gasteiger partial charge in [0.15, 0.2) is 5.69 Å². The summed E-state index contributed by atoms with van der Waals surface area (Å²) in [5.41, 5.74) is 6.38. The van der Waals surface area contributed by atoms with E-state index >= 15 is 0 Å². The van der Waals surface area contributed by atoms with Gasteiger partial charge in [-0.05, 0) is 55.3 Å². The number of H-pyrrole nitrogens is 2. The molecule has 0 saturated carbocycles. The number of benzene rings is 2. The van der Waals surface area contributed by atoms with Crippen molar-refractivity contribution in [2.75, 3.05) is 20.1 Å². The van der Waals surface area contributed by atoms with Crippen LogP contribution < -0.4 is 5.32 Å². The summed E-state index contributed by atoms with van der Waals surface area (Å²) >= 11 is 0. The molecule has 2 aromatic carbocycles. The summed E-state index contributed by atoms with van der Waals surface area (Å²) in [5.74, 6) is -0.00957. The molecule has 0 aliphatic carbocycles. The van der Waals surface area contributed by atoms with E-state index in [1.807, 2.05) is 54.5 Å². The van der Waals surface area contributed by atoms with Gasteiger partial charge < -0.3 is 15.2 Å². The topological polar surface area (TPSA) is 89.7 Å². The third-order valence-electron chi connectivity index (χ3n) is 6.84. The molecule has 7 nitrogen and oxygen atoms in total. The second kappa shape index (κ2) is 8.43. The smallest absolute Gasteiger partial charge is 0.274 e. The minimum absolute atomic E-state index is 0.00957. The Morgan fingerprint density at radius 3 is 2.62 bits per heavy atom. The number of piperidine rings is 1. The van der Waals surface area contributed by atoms with Crippen LogP contribution in [0.1, 0.15) is 23.3 Å². The lowest BCUT2D eigenvalue weighted by molar-refractivity contribution is 0.0703. The van der Waals surface area contributed by atoms with Crippen molar-refractivity contribution in [1.29, 1.82) is 0 Å². The van der Waals surface area contributed by atoms with Gasteiger partial charge >= 0.3 is 0 Å². The maximum atomic E-state index is 13.2. The van der Waals surface area contributed by atoms with E-state index in [1.54, 1.807) is 0 Å². The standard InChI is InChI=1S/C27H26N6O/c1-28-21-9-11-33(12-10-21)27(34)25-22-14-18(7-8-23(22)31-32-25)20-13-19-15-24(30-26(19)29-16-20)17-5-3-2-4-6-17/h2-8,13-16,21,28H,9-12H2,1H3,(H,29,30)(H,31,32). The Morgan fingerprint density at radius 1 is 1.00 bits per heavy atom. The summed E-state index contributed by atoms with van der Waals surface area (Å²) in [5, 5.41) is 12.6. The highest BCUT2D eigenvalue weighted by molar-refractivity contribution is 6.05. The van der Waals surface area contributed by atoms with Gasteiger partial charge in [0.25, 0.3) is 5.91 Å². The number of nitrogens with one attached hydrogen (secondary N) is 3. The summed E-state index contributed by atoms with van der Waals surface area (Å²) in [6.45, 7) is 1.49. The average Bonchev–Trinajstić information content (AvgIpc) is 3.52. The van der Waals surface area contributed by atoms with Gasteiger partial charge in [-0.3, -0.25) is 9.89 Å². The van der Waals surface area contributed by atoms with E-state index in [0.29, 0.717) is 11.7 Å². The molecule has 1 amide bonds. The largest absolute Gasteiger partial charge is 0.339 e. The fourth-order valence-electron chi connectivity index (χ4n) is 4.82. The highest BCUT2D eigenvalue weighted by Crippen LogP contribution is 2.30. The number of fused-ring (bicyclic) bond motifs is 2. The van der Waals surface area contributed by atoms with Crippen molar-refractivity contribution in [3.8, 4) is 22.4 Å². The number of likely N-dealkylation sites (tertiary alicyclic amines) is 1. The van der Waals surface area contributed by atoms with Crippen LogP contribution in [0.25, 0.3) is 44.3 Å². The molecule has 0 spiro atoms. The minimum atomic E-state index is -0.00957. The molecule has 0 unspecified atom stereocenters. The second-order valence-electron chi connectivity index (χ2n) is 8.90. The predicted octanol–water partition coefficient (Wildman–Crippen LogP) is 4.60. The van der Waals surface area contributed by atoms with Gasteiger partial charge in [0.05, 0.1) is 5.52 Å². The lowest BCUT2D eigenvalue weighted by atomic mass is 10.0. The maximum Gasteiger partial charge on any atom is 0.274 e. The van der Waals surface area contributed by atoms with E-state index in [9.17, 15) is 4.79 Å². The van der Waals surface area contributed by atoms with Crippen molar-refractivity contribution in [2.24, 2.45) is 0 Å². The van der Waals surface area contributed by atoms with Crippen LogP contribution in [-0.4, -0.2) is 57.2 Å². The highest BCUT2D eigenvalue weighted by Gasteiger charge is 2.25. The molecular formula is C27H26N6O. The predicted molar refractivity (Wildman–Crippen MR) is 135 cm³/mol. The molecule has 0 radical (unpaired) electrons. The molecule has 1 aliphatic rings. The molecule has 1 saturated heterocycles. The quantitative estimate of drug-likeness (QED) is 0.373. The molecule has 1 aliphatic heterocycles. The number of hydrogen-bond acceptors (Lipinski definition) is 4. The Morgan fingerprint density at radius 2 is 1.82 bits per heavy atom. The van der Waals surface area contributed by atoms with Crippen molar-refractivity contribution in [3.05, 3.63) is 72.6 Å². The Balaban J connectivity index is 1.33. The Bertz CT molecular complexity index is 1480. The number of aromatic amines is 2. The van der Waals surface area contributed by atoms with Crippen LogP contribution in [0, 0.1) is 0 Å². The first-order valence-corrected chi connectivity index (χ1v) is 11.7. The van der Waals surface area contributed by atoms with Crippen LogP contribution in [0.3, 0.4) is 0 Å². The summed E-state index contributed by atoms with van der Waals surface area (Å²) < 4.78 is 0. The molecule has 0 atom stereocenters. The maximum absolute atomic E-state index is 13.2. The molecule has 5 aromatic rings. The van der Waals surface area contributed by atoms with Crippen LogP contribution in [0.5, 0.6) is 0 Å². The van der Waals surface area contributed by atoms with E-state index in [0.717, 1.165) is 70.3 Å². The van der Waals surface area contributed by atoms with Crippen LogP contribution in [-0.2, 0) is 0 Å². The van der Waals surface area contributed by atoms with Gasteiger partial charge in [0.1, 0.15) is 5.65 Å². The summed E-state index contributed by atoms with van der Waals surface area (Å²) in [6, 6.07) is 21.0. The molecule has 7 heteroatoms. The molecule has 0 bridgehead atoms. The fraction of sp³-hybridized carbons (Fsp3) is 0.222. The second-order valence-corrected chi connectivity index (χ2v) is 8.90. The lowest BCUT2D eigenvalue weighted by Gasteiger charge is -2.31. The van der Waals surface area contributed by atoms with Crippen molar-refractivity contribution >= 4 is 27.8 Å². The minimum Gasteiger partial charge on any atom is -0.339 e. The van der Waals surface area contributed by atoms with Crippen molar-refractivity contribution in [2.45, 2.75) is 18.9 Å². The zero-order valence-electron chi connectivity index (χ0n) is 19.0. The Labute approximate surface area is 197 Å². The summed E-state index contributed by atoms with van der Waals surface area (Å²) in [7, 11) is 1.98. The molecule has 170 valence electrons. The first-order valence-electron chi connectivity index (χ1n) is 11.7. The number of pyridine rings is 1. The van der Waals surface area contributed by atoms with Gasteiger partial charge in [-0.15, -0.1) is 0 Å². The average molecular weight is 451 g/mol. The first-order chi connectivity index (χ1) is 16.7. The summed E-state index contributed by atoms with van der Waals surface area (Å²) in [6.07, 6.45) is 3.80. The van der Waals surface area contributed by atoms with E-state index in [4.69, 9.17) is 0 Å². The van der Waals surface area contributed by atoms with Crippen LogP contribution in [0.15, 0.2) is 66.9 Å². The van der Waals surface area contributed by atoms with Gasteiger partial charge in [0.2, 0.25) is 0 Å². The van der Waals surface area contributed by atoms with E-state index in [2.05, 4.69) is 49.7 Å². The number of carbonyl (C=O) groups excluding carboxylic acids is 1. The number of amides is 1. The van der Waals surface area contributed by atoms with Gasteiger partial charge in [-0.1, -0.05) is 36.4 Å². The number of rotatable bonds is 4. The van der Waals surface area contributed by atoms with Crippen molar-refractivity contribution in [3.63, 3.8) is 0 Å². The molecule has 4 heterocycles. The normalized spacial score (nSPS) is 14.8. The number of carbonyl (C=O) groups is 1. The third-order valence-corrected chi connectivity index (χ3v) is 6.84. The van der Waals surface area contributed by atoms with Crippen LogP contribution >= 0.6 is 0 Å². The van der Waals surface area contributed by atoms with Crippen LogP contribution in [0.2, 0.25) is 0 Å². The molecular weight excluding hydrogens is 424 g/mol. The highest BCUT2D eigenvalue weighted by atomic mass is 16.2. The lowest BCUT2D eigenvalue weighted by Crippen LogP contribution is -2.44. The number of hydrogen-bond donors (Lipinski definition) is 3. The van der Waals surface area contributed by atoms with Crippen molar-refractivity contribution < 1.29 is 4.79 Å². The van der Waals surface area contributed by atoms with Crippen LogP contribution in [0.4, 0.5) is 0 Å². The van der Waals surface area contributed by atoms with Gasteiger partial charge in [0, 0.05) is 47.4 Å². The molecule has 1 fully saturated rings. The molecule has 3 N–H and O–H groups in total. The van der Waals surface area contributed by atoms with Crippen molar-refractivity contribution in [1.82, 2.24) is 30.4 Å². The van der Waals surface area contributed by atoms with E-state index in [1.165, 1.54) is 0 Å². The van der Waals surface area contributed by atoms with E-state index in [-0.39, 0.29) is 5.91 Å². The molecule has 3 aromatic heterocycles. The Kier molecular flexibility index (Phi) is 5.11. The molecule has 34 heavy (non-hydrogen) atoms. The monoisotopic (exact) mass is 450 g/mol. The fourth-order valence-corrected chi connectivity index (χ4v) is 4.82. The Hall–Kier alpha value is -3.97. The third kappa shape index (κ3) is 3.64. The number of aromatic nitrogens is 4. The first kappa shape index (κ1) is 20.6.